The fourth-order valence-electron chi connectivity index (χ4n) is 7.12. The molecule has 3 heterocycles. The van der Waals surface area contributed by atoms with Gasteiger partial charge < -0.3 is 20.3 Å². The minimum atomic E-state index is -0.440. The number of hydrazine groups is 1. The molecule has 2 amide bonds. The molecule has 3 unspecified atom stereocenters. The van der Waals surface area contributed by atoms with E-state index in [-0.39, 0.29) is 23.8 Å². The Bertz CT molecular complexity index is 1320. The van der Waals surface area contributed by atoms with Gasteiger partial charge in [0.25, 0.3) is 5.91 Å². The quantitative estimate of drug-likeness (QED) is 0.405. The largest absolute Gasteiger partial charge is 0.457 e. The van der Waals surface area contributed by atoms with Crippen molar-refractivity contribution in [3.63, 3.8) is 0 Å². The van der Waals surface area contributed by atoms with E-state index in [2.05, 4.69) is 33.9 Å². The van der Waals surface area contributed by atoms with Gasteiger partial charge in [-0.05, 0) is 68.1 Å². The maximum absolute atomic E-state index is 13.2. The van der Waals surface area contributed by atoms with Crippen molar-refractivity contribution in [2.24, 2.45) is 11.7 Å². The number of hydrogen-bond acceptors (Lipinski definition) is 7. The Morgan fingerprint density at radius 3 is 2.53 bits per heavy atom. The molecule has 1 aliphatic carbocycles. The minimum Gasteiger partial charge on any atom is -0.457 e. The van der Waals surface area contributed by atoms with Gasteiger partial charge in [-0.2, -0.15) is 0 Å². The van der Waals surface area contributed by atoms with Gasteiger partial charge in [-0.15, -0.1) is 0 Å². The molecule has 3 fully saturated rings. The van der Waals surface area contributed by atoms with Gasteiger partial charge in [-0.3, -0.25) is 19.9 Å². The van der Waals surface area contributed by atoms with Gasteiger partial charge in [0.1, 0.15) is 17.5 Å². The number of fused-ring (bicyclic) bond motifs is 1. The van der Waals surface area contributed by atoms with Crippen molar-refractivity contribution in [1.82, 2.24) is 25.6 Å². The lowest BCUT2D eigenvalue weighted by molar-refractivity contribution is -0.132. The molecule has 6 rings (SSSR count). The molecule has 4 aliphatic rings. The monoisotopic (exact) mass is 584 g/mol. The van der Waals surface area contributed by atoms with Crippen LogP contribution in [0.25, 0.3) is 5.57 Å². The molecule has 43 heavy (non-hydrogen) atoms. The Labute approximate surface area is 254 Å². The van der Waals surface area contributed by atoms with Crippen molar-refractivity contribution in [3.8, 4) is 11.5 Å². The van der Waals surface area contributed by atoms with Gasteiger partial charge in [-0.25, -0.2) is 5.43 Å². The molecule has 2 aromatic rings. The number of ether oxygens (including phenoxy) is 1. The van der Waals surface area contributed by atoms with E-state index in [4.69, 9.17) is 10.5 Å². The predicted molar refractivity (Wildman–Crippen MR) is 168 cm³/mol. The van der Waals surface area contributed by atoms with Crippen molar-refractivity contribution in [2.45, 2.75) is 69.2 Å². The van der Waals surface area contributed by atoms with Crippen LogP contribution in [0.4, 0.5) is 0 Å². The zero-order chi connectivity index (χ0) is 29.8. The van der Waals surface area contributed by atoms with E-state index in [1.165, 1.54) is 32.1 Å². The zero-order valence-corrected chi connectivity index (χ0v) is 25.0. The second kappa shape index (κ2) is 13.3. The van der Waals surface area contributed by atoms with Gasteiger partial charge >= 0.3 is 0 Å². The SMILES string of the molecule is CN(C/C=C/C(=O)N1CCC[C@@H](N2C=C(c3ccc(Oc4ccccc4)cc3)C3C(N)NNC(=O)C32)C1)C1CCCCC1. The number of para-hydroxylation sites is 1. The first-order valence-electron chi connectivity index (χ1n) is 15.8. The zero-order valence-electron chi connectivity index (χ0n) is 25.0. The van der Waals surface area contributed by atoms with E-state index in [0.29, 0.717) is 12.6 Å². The van der Waals surface area contributed by atoms with Gasteiger partial charge in [0.15, 0.2) is 0 Å². The smallest absolute Gasteiger partial charge is 0.257 e. The topological polar surface area (TPSA) is 103 Å². The van der Waals surface area contributed by atoms with Crippen LogP contribution < -0.4 is 21.3 Å². The van der Waals surface area contributed by atoms with E-state index in [1.54, 1.807) is 6.08 Å². The molecule has 0 aromatic heterocycles. The first kappa shape index (κ1) is 29.4. The maximum Gasteiger partial charge on any atom is 0.257 e. The van der Waals surface area contributed by atoms with Gasteiger partial charge in [0.2, 0.25) is 5.91 Å². The van der Waals surface area contributed by atoms with Crippen LogP contribution in [0.3, 0.4) is 0 Å². The molecule has 9 heteroatoms. The third-order valence-electron chi connectivity index (χ3n) is 9.47. The first-order chi connectivity index (χ1) is 21.0. The maximum atomic E-state index is 13.2. The number of nitrogens with zero attached hydrogens (tertiary/aromatic N) is 3. The number of piperidine rings is 1. The number of nitrogens with two attached hydrogens (primary N) is 1. The lowest BCUT2D eigenvalue weighted by Crippen LogP contribution is -2.67. The summed E-state index contributed by atoms with van der Waals surface area (Å²) >= 11 is 0. The molecule has 2 saturated heterocycles. The lowest BCUT2D eigenvalue weighted by atomic mass is 9.86. The fraction of sp³-hybridized carbons (Fsp3) is 0.471. The molecule has 0 spiro atoms. The fourth-order valence-corrected chi connectivity index (χ4v) is 7.12. The number of rotatable bonds is 8. The van der Waals surface area contributed by atoms with E-state index in [9.17, 15) is 9.59 Å². The summed E-state index contributed by atoms with van der Waals surface area (Å²) in [6, 6.07) is 17.8. The number of likely N-dealkylation sites (tertiary alicyclic amines) is 1. The molecule has 4 N–H and O–H groups in total. The van der Waals surface area contributed by atoms with Crippen LogP contribution in [0.2, 0.25) is 0 Å². The molecule has 2 aromatic carbocycles. The highest BCUT2D eigenvalue weighted by Gasteiger charge is 2.49. The number of carbonyl (C=O) groups is 2. The summed E-state index contributed by atoms with van der Waals surface area (Å²) < 4.78 is 5.99. The van der Waals surface area contributed by atoms with Crippen molar-refractivity contribution >= 4 is 17.4 Å². The van der Waals surface area contributed by atoms with Crippen molar-refractivity contribution in [3.05, 3.63) is 78.5 Å². The summed E-state index contributed by atoms with van der Waals surface area (Å²) in [5, 5.41) is 0. The Morgan fingerprint density at radius 2 is 1.77 bits per heavy atom. The molecule has 1 saturated carbocycles. The first-order valence-corrected chi connectivity index (χ1v) is 15.8. The van der Waals surface area contributed by atoms with Crippen molar-refractivity contribution in [1.29, 1.82) is 0 Å². The van der Waals surface area contributed by atoms with Crippen LogP contribution in [0.15, 0.2) is 72.9 Å². The van der Waals surface area contributed by atoms with Gasteiger partial charge in [0.05, 0.1) is 6.17 Å². The number of hydrogen-bond donors (Lipinski definition) is 3. The third-order valence-corrected chi connectivity index (χ3v) is 9.47. The highest BCUT2D eigenvalue weighted by molar-refractivity contribution is 5.89. The van der Waals surface area contributed by atoms with Crippen LogP contribution >= 0.6 is 0 Å². The molecular formula is C34H44N6O3. The van der Waals surface area contributed by atoms with Gasteiger partial charge in [-0.1, -0.05) is 55.7 Å². The third kappa shape index (κ3) is 6.64. The number of carbonyl (C=O) groups excluding carboxylic acids is 2. The molecule has 3 aliphatic heterocycles. The van der Waals surface area contributed by atoms with Crippen LogP contribution in [0.1, 0.15) is 50.5 Å². The summed E-state index contributed by atoms with van der Waals surface area (Å²) in [6.07, 6.45) is 13.6. The van der Waals surface area contributed by atoms with Gasteiger partial charge in [0, 0.05) is 49.9 Å². The second-order valence-electron chi connectivity index (χ2n) is 12.3. The number of amides is 2. The average Bonchev–Trinajstić information content (AvgIpc) is 3.46. The van der Waals surface area contributed by atoms with Crippen molar-refractivity contribution in [2.75, 3.05) is 26.7 Å². The molecule has 228 valence electrons. The summed E-state index contributed by atoms with van der Waals surface area (Å²) in [6.45, 7) is 2.09. The van der Waals surface area contributed by atoms with Crippen LogP contribution in [-0.4, -0.2) is 77.5 Å². The van der Waals surface area contributed by atoms with E-state index < -0.39 is 12.2 Å². The van der Waals surface area contributed by atoms with Crippen molar-refractivity contribution < 1.29 is 14.3 Å². The lowest BCUT2D eigenvalue weighted by Gasteiger charge is -2.43. The Morgan fingerprint density at radius 1 is 1.02 bits per heavy atom. The van der Waals surface area contributed by atoms with Crippen LogP contribution in [0, 0.1) is 5.92 Å². The Kier molecular flexibility index (Phi) is 9.11. The Balaban J connectivity index is 1.15. The van der Waals surface area contributed by atoms with E-state index >= 15 is 0 Å². The molecule has 9 nitrogen and oxygen atoms in total. The summed E-state index contributed by atoms with van der Waals surface area (Å²) in [5.74, 6) is 1.23. The second-order valence-corrected chi connectivity index (χ2v) is 12.3. The standard InChI is InChI=1S/C34H44N6O3/c1-38(25-10-4-2-5-11-25)20-9-15-30(41)39-21-8-12-26(22-39)40-23-29(31-32(40)34(42)37-36-33(31)35)24-16-18-28(19-17-24)43-27-13-6-3-7-14-27/h3,6-7,9,13-19,23,25-26,31-33,36H,2,4-5,8,10-12,20-22,35H2,1H3,(H,37,42)/b15-9+/t26-,31?,32?,33?/m1/s1. The Hall–Kier alpha value is -3.66. The molecule has 4 atom stereocenters. The molecular weight excluding hydrogens is 540 g/mol. The minimum absolute atomic E-state index is 0.0257. The summed E-state index contributed by atoms with van der Waals surface area (Å²) in [4.78, 5) is 32.9. The number of benzene rings is 2. The summed E-state index contributed by atoms with van der Waals surface area (Å²) in [7, 11) is 2.16. The normalized spacial score (nSPS) is 26.4. The summed E-state index contributed by atoms with van der Waals surface area (Å²) in [5.41, 5.74) is 14.3. The highest BCUT2D eigenvalue weighted by atomic mass is 16.5. The number of likely N-dealkylation sites (N-methyl/N-ethyl adjacent to an activating group) is 1. The van der Waals surface area contributed by atoms with E-state index in [1.807, 2.05) is 65.6 Å². The van der Waals surface area contributed by atoms with Crippen LogP contribution in [0.5, 0.6) is 11.5 Å². The van der Waals surface area contributed by atoms with E-state index in [0.717, 1.165) is 48.6 Å². The highest BCUT2D eigenvalue weighted by Crippen LogP contribution is 2.41. The predicted octanol–water partition coefficient (Wildman–Crippen LogP) is 3.85. The molecule has 0 radical (unpaired) electrons. The average molecular weight is 585 g/mol. The number of nitrogens with one attached hydrogen (secondary N) is 2. The van der Waals surface area contributed by atoms with Crippen LogP contribution in [-0.2, 0) is 9.59 Å². The molecule has 0 bridgehead atoms.